The Morgan fingerprint density at radius 3 is 2.77 bits per heavy atom. The van der Waals surface area contributed by atoms with E-state index in [1.165, 1.54) is 23.0 Å². The molecule has 3 aromatic rings. The highest BCUT2D eigenvalue weighted by Crippen LogP contribution is 2.32. The van der Waals surface area contributed by atoms with Crippen molar-refractivity contribution in [1.29, 1.82) is 0 Å². The van der Waals surface area contributed by atoms with Crippen LogP contribution in [-0.2, 0) is 11.3 Å². The zero-order valence-electron chi connectivity index (χ0n) is 19.2. The third-order valence-corrected chi connectivity index (χ3v) is 6.03. The van der Waals surface area contributed by atoms with E-state index >= 15 is 0 Å². The molecule has 1 aliphatic rings. The highest BCUT2D eigenvalue weighted by Gasteiger charge is 2.28. The van der Waals surface area contributed by atoms with Gasteiger partial charge in [-0.2, -0.15) is 10.2 Å². The normalized spacial score (nSPS) is 15.9. The van der Waals surface area contributed by atoms with Gasteiger partial charge in [-0.1, -0.05) is 18.1 Å². The number of anilines is 1. The van der Waals surface area contributed by atoms with Gasteiger partial charge in [0.25, 0.3) is 11.8 Å². The van der Waals surface area contributed by atoms with Gasteiger partial charge in [0, 0.05) is 30.4 Å². The molecule has 1 fully saturated rings. The van der Waals surface area contributed by atoms with Crippen molar-refractivity contribution in [3.63, 3.8) is 0 Å². The topological polar surface area (TPSA) is 125 Å². The van der Waals surface area contributed by atoms with Gasteiger partial charge in [0.1, 0.15) is 17.1 Å². The molecule has 0 unspecified atom stereocenters. The first-order valence-electron chi connectivity index (χ1n) is 11.1. The molecule has 0 spiro atoms. The number of aromatic nitrogens is 4. The van der Waals surface area contributed by atoms with Crippen molar-refractivity contribution in [1.82, 2.24) is 24.5 Å². The number of carbonyl (C=O) groups excluding carboxylic acids is 2. The van der Waals surface area contributed by atoms with Gasteiger partial charge in [0.2, 0.25) is 0 Å². The van der Waals surface area contributed by atoms with Crippen molar-refractivity contribution in [2.45, 2.75) is 38.8 Å². The molecule has 0 radical (unpaired) electrons. The highest BCUT2D eigenvalue weighted by atomic mass is 19.2. The molecule has 3 heterocycles. The van der Waals surface area contributed by atoms with Gasteiger partial charge in [0.05, 0.1) is 18.8 Å². The summed E-state index contributed by atoms with van der Waals surface area (Å²) in [5.41, 5.74) is 12.9. The third kappa shape index (κ3) is 4.87. The molecule has 0 bridgehead atoms. The number of nitrogens with two attached hydrogens (primary N) is 2. The van der Waals surface area contributed by atoms with E-state index in [1.54, 1.807) is 22.7 Å². The Hall–Kier alpha value is -4.20. The Morgan fingerprint density at radius 1 is 1.23 bits per heavy atom. The van der Waals surface area contributed by atoms with Crippen molar-refractivity contribution >= 4 is 17.6 Å². The molecule has 1 aromatic carbocycles. The fraction of sp³-hybridized carbons (Fsp3) is 0.333. The van der Waals surface area contributed by atoms with Crippen molar-refractivity contribution in [2.75, 3.05) is 18.8 Å². The first-order chi connectivity index (χ1) is 16.8. The monoisotopic (exact) mass is 481 g/mol. The van der Waals surface area contributed by atoms with Crippen LogP contribution in [0.2, 0.25) is 0 Å². The first kappa shape index (κ1) is 23.9. The second-order valence-corrected chi connectivity index (χ2v) is 8.31. The summed E-state index contributed by atoms with van der Waals surface area (Å²) >= 11 is 0. The van der Waals surface area contributed by atoms with Crippen molar-refractivity contribution in [2.24, 2.45) is 5.73 Å². The summed E-state index contributed by atoms with van der Waals surface area (Å²) in [6, 6.07) is 3.78. The smallest absolute Gasteiger partial charge is 0.298 e. The summed E-state index contributed by atoms with van der Waals surface area (Å²) in [4.78, 5) is 26.1. The second kappa shape index (κ2) is 9.97. The van der Waals surface area contributed by atoms with Crippen LogP contribution in [0, 0.1) is 23.5 Å². The number of amides is 2. The molecule has 2 aromatic heterocycles. The van der Waals surface area contributed by atoms with Crippen LogP contribution in [0.4, 0.5) is 14.6 Å². The van der Waals surface area contributed by atoms with Gasteiger partial charge in [-0.3, -0.25) is 14.3 Å². The standard InChI is InChI=1S/C24H25F2N7O2/c1-2-5-19(34)31-10-4-7-17(9-11-31)33-23(27)20(24(28)35)22(30-33)16-12-29-32(14-16)13-15-6-3-8-18(25)21(15)26/h3,6,8,12,14,17H,4,7,9-11,13,27H2,1H3,(H2,28,35)/t17-/m0/s1. The first-order valence-corrected chi connectivity index (χ1v) is 11.1. The van der Waals surface area contributed by atoms with E-state index in [0.29, 0.717) is 31.5 Å². The van der Waals surface area contributed by atoms with Gasteiger partial charge < -0.3 is 16.4 Å². The molecule has 9 nitrogen and oxygen atoms in total. The highest BCUT2D eigenvalue weighted by molar-refractivity contribution is 6.03. The predicted molar refractivity (Wildman–Crippen MR) is 125 cm³/mol. The lowest BCUT2D eigenvalue weighted by Crippen LogP contribution is -2.31. The molecular formula is C24H25F2N7O2. The number of carbonyl (C=O) groups is 2. The van der Waals surface area contributed by atoms with Crippen molar-refractivity contribution < 1.29 is 18.4 Å². The minimum absolute atomic E-state index is 0.0150. The zero-order chi connectivity index (χ0) is 25.1. The molecule has 2 amide bonds. The van der Waals surface area contributed by atoms with Crippen LogP contribution in [-0.4, -0.2) is 49.4 Å². The average molecular weight is 482 g/mol. The lowest BCUT2D eigenvalue weighted by Gasteiger charge is -2.18. The lowest BCUT2D eigenvalue weighted by molar-refractivity contribution is -0.125. The molecule has 1 atom stereocenters. The molecule has 4 rings (SSSR count). The van der Waals surface area contributed by atoms with Crippen LogP contribution in [0.15, 0.2) is 30.6 Å². The molecule has 0 saturated carbocycles. The molecule has 1 saturated heterocycles. The molecule has 11 heteroatoms. The Morgan fingerprint density at radius 2 is 2.03 bits per heavy atom. The van der Waals surface area contributed by atoms with E-state index < -0.39 is 17.5 Å². The molecule has 4 N–H and O–H groups in total. The summed E-state index contributed by atoms with van der Waals surface area (Å²) in [5.74, 6) is 2.47. The van der Waals surface area contributed by atoms with Gasteiger partial charge in [-0.05, 0) is 38.2 Å². The van der Waals surface area contributed by atoms with E-state index in [4.69, 9.17) is 11.5 Å². The van der Waals surface area contributed by atoms with Crippen LogP contribution in [0.25, 0.3) is 11.3 Å². The van der Waals surface area contributed by atoms with E-state index in [9.17, 15) is 18.4 Å². The summed E-state index contributed by atoms with van der Waals surface area (Å²) in [6.07, 6.45) is 5.04. The summed E-state index contributed by atoms with van der Waals surface area (Å²) in [5, 5.41) is 8.80. The maximum absolute atomic E-state index is 14.1. The largest absolute Gasteiger partial charge is 0.383 e. The van der Waals surface area contributed by atoms with Gasteiger partial charge in [0.15, 0.2) is 11.6 Å². The Bertz CT molecular complexity index is 1340. The van der Waals surface area contributed by atoms with E-state index in [1.807, 2.05) is 0 Å². The van der Waals surface area contributed by atoms with Gasteiger partial charge in [-0.15, -0.1) is 0 Å². The van der Waals surface area contributed by atoms with Crippen LogP contribution >= 0.6 is 0 Å². The minimum atomic E-state index is -0.943. The van der Waals surface area contributed by atoms with E-state index in [-0.39, 0.29) is 41.1 Å². The minimum Gasteiger partial charge on any atom is -0.383 e. The fourth-order valence-corrected chi connectivity index (χ4v) is 4.30. The van der Waals surface area contributed by atoms with Crippen LogP contribution in [0.1, 0.15) is 48.1 Å². The SMILES string of the molecule is CC#CC(=O)N1CCC[C@H](n2nc(-c3cnn(Cc4cccc(F)c4F)c3)c(C(N)=O)c2N)CC1. The third-order valence-electron chi connectivity index (χ3n) is 6.03. The summed E-state index contributed by atoms with van der Waals surface area (Å²) in [7, 11) is 0. The zero-order valence-corrected chi connectivity index (χ0v) is 19.2. The number of nitrogens with zero attached hydrogens (tertiary/aromatic N) is 5. The average Bonchev–Trinajstić information content (AvgIpc) is 3.33. The number of rotatable bonds is 5. The summed E-state index contributed by atoms with van der Waals surface area (Å²) < 4.78 is 30.6. The van der Waals surface area contributed by atoms with Crippen LogP contribution in [0.5, 0.6) is 0 Å². The Kier molecular flexibility index (Phi) is 6.82. The number of halogens is 2. The van der Waals surface area contributed by atoms with E-state index in [2.05, 4.69) is 22.0 Å². The molecule has 35 heavy (non-hydrogen) atoms. The Labute approximate surface area is 200 Å². The maximum atomic E-state index is 14.1. The number of likely N-dealkylation sites (tertiary alicyclic amines) is 1. The lowest BCUT2D eigenvalue weighted by atomic mass is 10.1. The van der Waals surface area contributed by atoms with Crippen molar-refractivity contribution in [3.8, 4) is 23.1 Å². The van der Waals surface area contributed by atoms with Crippen molar-refractivity contribution in [3.05, 3.63) is 53.4 Å². The number of hydrogen-bond donors (Lipinski definition) is 2. The van der Waals surface area contributed by atoms with Crippen LogP contribution in [0.3, 0.4) is 0 Å². The molecule has 1 aliphatic heterocycles. The van der Waals surface area contributed by atoms with E-state index in [0.717, 1.165) is 12.5 Å². The van der Waals surface area contributed by atoms with Crippen LogP contribution < -0.4 is 11.5 Å². The molecule has 0 aliphatic carbocycles. The fourth-order valence-electron chi connectivity index (χ4n) is 4.30. The summed E-state index contributed by atoms with van der Waals surface area (Å²) in [6.45, 7) is 2.66. The predicted octanol–water partition coefficient (Wildman–Crippen LogP) is 2.33. The number of benzene rings is 1. The number of primary amides is 1. The number of nitrogen functional groups attached to an aromatic ring is 1. The number of hydrogen-bond acceptors (Lipinski definition) is 5. The quantitative estimate of drug-likeness (QED) is 0.541. The maximum Gasteiger partial charge on any atom is 0.298 e. The van der Waals surface area contributed by atoms with Gasteiger partial charge in [-0.25, -0.2) is 13.5 Å². The molecule has 182 valence electrons. The van der Waals surface area contributed by atoms with Gasteiger partial charge >= 0.3 is 0 Å². The second-order valence-electron chi connectivity index (χ2n) is 8.31. The Balaban J connectivity index is 1.61. The molecular weight excluding hydrogens is 456 g/mol.